The van der Waals surface area contributed by atoms with Gasteiger partial charge in [0.2, 0.25) is 5.91 Å². The van der Waals surface area contributed by atoms with Gasteiger partial charge in [-0.25, -0.2) is 9.37 Å². The summed E-state index contributed by atoms with van der Waals surface area (Å²) in [7, 11) is 0. The number of carbonyl (C=O) groups is 1. The van der Waals surface area contributed by atoms with Gasteiger partial charge >= 0.3 is 0 Å². The molecule has 0 bridgehead atoms. The first-order chi connectivity index (χ1) is 9.04. The number of hydrogen-bond acceptors (Lipinski definition) is 4. The van der Waals surface area contributed by atoms with E-state index in [0.717, 1.165) is 0 Å². The molecule has 3 atom stereocenters. The third-order valence-electron chi connectivity index (χ3n) is 2.87. The number of nitrogens with two attached hydrogens (primary N) is 1. The van der Waals surface area contributed by atoms with Gasteiger partial charge in [-0.1, -0.05) is 11.2 Å². The Morgan fingerprint density at radius 1 is 1.68 bits per heavy atom. The van der Waals surface area contributed by atoms with Gasteiger partial charge in [0.15, 0.2) is 0 Å². The van der Waals surface area contributed by atoms with Crippen molar-refractivity contribution in [3.05, 3.63) is 33.2 Å². The van der Waals surface area contributed by atoms with Gasteiger partial charge < -0.3 is 10.6 Å². The fourth-order valence-corrected chi connectivity index (χ4v) is 2.44. The molecule has 0 aromatic carbocycles. The first kappa shape index (κ1) is 13.6. The number of anilines is 1. The van der Waals surface area contributed by atoms with Crippen LogP contribution in [0, 0.1) is 0 Å². The summed E-state index contributed by atoms with van der Waals surface area (Å²) in [5.41, 5.74) is 13.7. The monoisotopic (exact) mass is 328 g/mol. The van der Waals surface area contributed by atoms with Crippen LogP contribution in [0.25, 0.3) is 10.4 Å². The van der Waals surface area contributed by atoms with Gasteiger partial charge in [-0.15, -0.1) is 0 Å². The minimum Gasteiger partial charge on any atom is -0.368 e. The molecule has 1 aromatic rings. The van der Waals surface area contributed by atoms with Crippen molar-refractivity contribution in [1.29, 1.82) is 0 Å². The average molecular weight is 329 g/mol. The predicted octanol–water partition coefficient (Wildman–Crippen LogP) is 1.54. The van der Waals surface area contributed by atoms with Gasteiger partial charge in [-0.2, -0.15) is 0 Å². The Morgan fingerprint density at radius 3 is 3.00 bits per heavy atom. The number of amides is 1. The van der Waals surface area contributed by atoms with Gasteiger partial charge in [0.25, 0.3) is 0 Å². The third-order valence-corrected chi connectivity index (χ3v) is 3.31. The summed E-state index contributed by atoms with van der Waals surface area (Å²) >= 11 is 3.20. The van der Waals surface area contributed by atoms with Crippen molar-refractivity contribution in [2.45, 2.75) is 18.3 Å². The number of rotatable bonds is 3. The van der Waals surface area contributed by atoms with Crippen LogP contribution >= 0.6 is 15.9 Å². The molecule has 1 fully saturated rings. The molecule has 1 amide bonds. The molecule has 100 valence electrons. The maximum Gasteiger partial charge on any atom is 0.240 e. The zero-order valence-corrected chi connectivity index (χ0v) is 11.2. The number of pyridine rings is 1. The molecule has 2 heterocycles. The summed E-state index contributed by atoms with van der Waals surface area (Å²) in [6.07, 6.45) is -1.46. The highest BCUT2D eigenvalue weighted by Gasteiger charge is 2.45. The summed E-state index contributed by atoms with van der Waals surface area (Å²) in [5, 5.41) is 3.33. The van der Waals surface area contributed by atoms with Crippen molar-refractivity contribution in [2.24, 2.45) is 10.8 Å². The Hall–Kier alpha value is -1.86. The SMILES string of the molecule is [N-]=[N+]=N[C@H]1[C@@H](C(N)=O)N(c2cccc(Br)n2)C[C@@H]1F. The first-order valence-corrected chi connectivity index (χ1v) is 6.20. The number of carbonyl (C=O) groups excluding carboxylic acids is 1. The van der Waals surface area contributed by atoms with Crippen molar-refractivity contribution in [3.8, 4) is 0 Å². The minimum absolute atomic E-state index is 0.0965. The minimum atomic E-state index is -1.46. The molecule has 1 aliphatic heterocycles. The van der Waals surface area contributed by atoms with E-state index in [1.165, 1.54) is 4.90 Å². The standard InChI is InChI=1S/C10H10BrFN6O/c11-6-2-1-3-7(15-6)18-4-5(12)8(16-17-14)9(18)10(13)19/h1-3,5,8-9H,4H2,(H2,13,19)/t5-,8+,9-/m0/s1. The summed E-state index contributed by atoms with van der Waals surface area (Å²) in [6.45, 7) is -0.0965. The first-order valence-electron chi connectivity index (χ1n) is 5.41. The fraction of sp³-hybridized carbons (Fsp3) is 0.400. The molecule has 9 heteroatoms. The maximum atomic E-state index is 13.9. The normalized spacial score (nSPS) is 26.0. The van der Waals surface area contributed by atoms with Crippen LogP contribution in [0.4, 0.5) is 10.2 Å². The maximum absolute atomic E-state index is 13.9. The van der Waals surface area contributed by atoms with E-state index in [0.29, 0.717) is 10.4 Å². The van der Waals surface area contributed by atoms with Gasteiger partial charge in [-0.3, -0.25) is 4.79 Å². The van der Waals surface area contributed by atoms with E-state index in [4.69, 9.17) is 11.3 Å². The smallest absolute Gasteiger partial charge is 0.240 e. The highest BCUT2D eigenvalue weighted by atomic mass is 79.9. The van der Waals surface area contributed by atoms with Gasteiger partial charge in [0.1, 0.15) is 22.6 Å². The number of azide groups is 1. The van der Waals surface area contributed by atoms with Crippen LogP contribution in [-0.2, 0) is 4.79 Å². The van der Waals surface area contributed by atoms with Crippen LogP contribution in [0.15, 0.2) is 27.9 Å². The van der Waals surface area contributed by atoms with E-state index in [1.54, 1.807) is 18.2 Å². The van der Waals surface area contributed by atoms with E-state index in [-0.39, 0.29) is 6.54 Å². The van der Waals surface area contributed by atoms with Crippen LogP contribution in [-0.4, -0.2) is 35.7 Å². The summed E-state index contributed by atoms with van der Waals surface area (Å²) < 4.78 is 14.4. The lowest BCUT2D eigenvalue weighted by Crippen LogP contribution is -2.46. The van der Waals surface area contributed by atoms with Gasteiger partial charge in [0, 0.05) is 4.91 Å². The van der Waals surface area contributed by atoms with Crippen molar-refractivity contribution < 1.29 is 9.18 Å². The Bertz CT molecular complexity index is 549. The molecule has 0 radical (unpaired) electrons. The Kier molecular flexibility index (Phi) is 3.87. The Balaban J connectivity index is 2.40. The van der Waals surface area contributed by atoms with E-state index >= 15 is 0 Å². The third kappa shape index (κ3) is 2.61. The second kappa shape index (κ2) is 5.41. The topological polar surface area (TPSA) is 108 Å². The van der Waals surface area contributed by atoms with Gasteiger partial charge in [0.05, 0.1) is 12.6 Å². The molecule has 0 spiro atoms. The van der Waals surface area contributed by atoms with Crippen LogP contribution in [0.5, 0.6) is 0 Å². The molecule has 1 saturated heterocycles. The summed E-state index contributed by atoms with van der Waals surface area (Å²) in [6, 6.07) is 2.87. The molecule has 19 heavy (non-hydrogen) atoms. The van der Waals surface area contributed by atoms with Gasteiger partial charge in [-0.05, 0) is 33.6 Å². The average Bonchev–Trinajstić information content (AvgIpc) is 2.68. The molecule has 0 unspecified atom stereocenters. The quantitative estimate of drug-likeness (QED) is 0.393. The molecular weight excluding hydrogens is 319 g/mol. The van der Waals surface area contributed by atoms with Crippen LogP contribution in [0.2, 0.25) is 0 Å². The lowest BCUT2D eigenvalue weighted by Gasteiger charge is -2.24. The number of halogens is 2. The Labute approximate surface area is 116 Å². The van der Waals surface area contributed by atoms with Crippen LogP contribution < -0.4 is 10.6 Å². The molecule has 7 nitrogen and oxygen atoms in total. The number of primary amides is 1. The predicted molar refractivity (Wildman–Crippen MR) is 70.1 cm³/mol. The lowest BCUT2D eigenvalue weighted by molar-refractivity contribution is -0.119. The van der Waals surface area contributed by atoms with Crippen molar-refractivity contribution in [3.63, 3.8) is 0 Å². The van der Waals surface area contributed by atoms with E-state index in [2.05, 4.69) is 30.9 Å². The van der Waals surface area contributed by atoms with Crippen LogP contribution in [0.1, 0.15) is 0 Å². The summed E-state index contributed by atoms with van der Waals surface area (Å²) in [5.74, 6) is -0.351. The van der Waals surface area contributed by atoms with Crippen molar-refractivity contribution in [1.82, 2.24) is 4.98 Å². The van der Waals surface area contributed by atoms with E-state index in [1.807, 2.05) is 0 Å². The van der Waals surface area contributed by atoms with Crippen LogP contribution in [0.3, 0.4) is 0 Å². The zero-order chi connectivity index (χ0) is 14.0. The largest absolute Gasteiger partial charge is 0.368 e. The zero-order valence-electron chi connectivity index (χ0n) is 9.65. The number of aromatic nitrogens is 1. The number of hydrogen-bond donors (Lipinski definition) is 1. The second-order valence-corrected chi connectivity index (χ2v) is 4.84. The van der Waals surface area contributed by atoms with E-state index in [9.17, 15) is 9.18 Å². The molecule has 1 aromatic heterocycles. The molecule has 2 rings (SSSR count). The molecule has 0 aliphatic carbocycles. The van der Waals surface area contributed by atoms with Crippen molar-refractivity contribution in [2.75, 3.05) is 11.4 Å². The highest BCUT2D eigenvalue weighted by Crippen LogP contribution is 2.29. The highest BCUT2D eigenvalue weighted by molar-refractivity contribution is 9.10. The number of nitrogens with zero attached hydrogens (tertiary/aromatic N) is 5. The van der Waals surface area contributed by atoms with Crippen molar-refractivity contribution >= 4 is 27.7 Å². The molecule has 0 saturated carbocycles. The molecule has 2 N–H and O–H groups in total. The second-order valence-electron chi connectivity index (χ2n) is 4.03. The van der Waals surface area contributed by atoms with E-state index < -0.39 is 24.2 Å². The molecule has 1 aliphatic rings. The summed E-state index contributed by atoms with van der Waals surface area (Å²) in [4.78, 5) is 19.6. The lowest BCUT2D eigenvalue weighted by atomic mass is 10.1. The Morgan fingerprint density at radius 2 is 2.42 bits per heavy atom. The molecular formula is C10H10BrFN6O. The number of alkyl halides is 1. The fourth-order valence-electron chi connectivity index (χ4n) is 2.10.